The molecule has 0 aromatic carbocycles. The molecule has 0 aliphatic carbocycles. The van der Waals surface area contributed by atoms with E-state index in [0.717, 1.165) is 10.4 Å². The van der Waals surface area contributed by atoms with Crippen molar-refractivity contribution in [1.29, 1.82) is 0 Å². The summed E-state index contributed by atoms with van der Waals surface area (Å²) in [6.45, 7) is 0.198. The van der Waals surface area contributed by atoms with Gasteiger partial charge in [0.1, 0.15) is 11.4 Å². The van der Waals surface area contributed by atoms with Gasteiger partial charge < -0.3 is 5.32 Å². The molecule has 0 aliphatic rings. The molecule has 23 heavy (non-hydrogen) atoms. The molecule has 0 fully saturated rings. The summed E-state index contributed by atoms with van der Waals surface area (Å²) in [6.07, 6.45) is 5.03. The summed E-state index contributed by atoms with van der Waals surface area (Å²) >= 11 is 0. The second-order valence-corrected chi connectivity index (χ2v) is 4.73. The Balaban J connectivity index is 1.66. The lowest BCUT2D eigenvalue weighted by Crippen LogP contribution is -2.28. The van der Waals surface area contributed by atoms with Gasteiger partial charge in [0.15, 0.2) is 0 Å². The van der Waals surface area contributed by atoms with E-state index in [1.807, 2.05) is 6.07 Å². The van der Waals surface area contributed by atoms with E-state index in [0.29, 0.717) is 5.69 Å². The Morgan fingerprint density at radius 1 is 1.30 bits per heavy atom. The fourth-order valence-corrected chi connectivity index (χ4v) is 1.88. The third-order valence-corrected chi connectivity index (χ3v) is 3.07. The zero-order valence-corrected chi connectivity index (χ0v) is 12.2. The largest absolute Gasteiger partial charge is 0.345 e. The Kier molecular flexibility index (Phi) is 3.91. The predicted octanol–water partition coefficient (Wildman–Crippen LogP) is -0.314. The average molecular weight is 311 g/mol. The molecule has 0 saturated carbocycles. The van der Waals surface area contributed by atoms with Crippen molar-refractivity contribution in [1.82, 2.24) is 35.1 Å². The molecule has 0 aliphatic heterocycles. The number of aryl methyl sites for hydroxylation is 1. The normalized spacial score (nSPS) is 10.5. The Hall–Kier alpha value is -3.36. The first-order valence-electron chi connectivity index (χ1n) is 6.77. The molecule has 0 unspecified atom stereocenters. The third kappa shape index (κ3) is 3.28. The van der Waals surface area contributed by atoms with E-state index in [4.69, 9.17) is 0 Å². The Morgan fingerprint density at radius 2 is 2.17 bits per heavy atom. The van der Waals surface area contributed by atoms with E-state index < -0.39 is 5.91 Å². The van der Waals surface area contributed by atoms with E-state index in [9.17, 15) is 9.59 Å². The highest BCUT2D eigenvalue weighted by atomic mass is 16.2. The van der Waals surface area contributed by atoms with E-state index >= 15 is 0 Å². The van der Waals surface area contributed by atoms with Crippen molar-refractivity contribution in [3.8, 4) is 5.69 Å². The predicted molar refractivity (Wildman–Crippen MR) is 79.8 cm³/mol. The molecule has 1 amide bonds. The van der Waals surface area contributed by atoms with Crippen LogP contribution in [0.1, 0.15) is 16.2 Å². The number of pyridine rings is 1. The van der Waals surface area contributed by atoms with Crippen LogP contribution in [0.15, 0.2) is 47.7 Å². The number of amides is 1. The molecule has 0 atom stereocenters. The quantitative estimate of drug-likeness (QED) is 0.708. The van der Waals surface area contributed by atoms with Crippen molar-refractivity contribution in [2.75, 3.05) is 0 Å². The van der Waals surface area contributed by atoms with Gasteiger partial charge in [0.2, 0.25) is 0 Å². The fourth-order valence-electron chi connectivity index (χ4n) is 1.88. The maximum absolute atomic E-state index is 12.0. The van der Waals surface area contributed by atoms with E-state index in [1.165, 1.54) is 19.2 Å². The zero-order valence-electron chi connectivity index (χ0n) is 12.2. The lowest BCUT2D eigenvalue weighted by Gasteiger charge is -2.03. The molecule has 0 saturated heterocycles. The molecular formula is C14H13N7O2. The smallest absolute Gasteiger partial charge is 0.272 e. The van der Waals surface area contributed by atoms with Crippen LogP contribution < -0.4 is 10.9 Å². The minimum atomic E-state index is -0.392. The first-order chi connectivity index (χ1) is 11.1. The van der Waals surface area contributed by atoms with E-state index in [-0.39, 0.29) is 17.8 Å². The number of carbonyl (C=O) groups is 1. The topological polar surface area (TPSA) is 108 Å². The van der Waals surface area contributed by atoms with Gasteiger partial charge in [-0.3, -0.25) is 14.6 Å². The highest BCUT2D eigenvalue weighted by Crippen LogP contribution is 2.04. The van der Waals surface area contributed by atoms with Gasteiger partial charge in [-0.15, -0.1) is 5.10 Å². The maximum atomic E-state index is 12.0. The second-order valence-electron chi connectivity index (χ2n) is 4.73. The van der Waals surface area contributed by atoms with Crippen LogP contribution in [0.2, 0.25) is 0 Å². The minimum absolute atomic E-state index is 0.159. The van der Waals surface area contributed by atoms with Crippen molar-refractivity contribution < 1.29 is 4.79 Å². The molecule has 1 N–H and O–H groups in total. The summed E-state index contributed by atoms with van der Waals surface area (Å²) in [5.74, 6) is -0.392. The Labute approximate surface area is 130 Å². The standard InChI is InChI=1S/C14H13N7O2/c1-20-13(22)5-4-12(18-20)14(23)16-7-10-9-21(19-17-10)11-3-2-6-15-8-11/h2-6,8-9H,7H2,1H3,(H,16,23). The monoisotopic (exact) mass is 311 g/mol. The number of hydrogen-bond donors (Lipinski definition) is 1. The van der Waals surface area contributed by atoms with Gasteiger partial charge in [-0.25, -0.2) is 9.36 Å². The minimum Gasteiger partial charge on any atom is -0.345 e. The second kappa shape index (κ2) is 6.18. The third-order valence-electron chi connectivity index (χ3n) is 3.07. The van der Waals surface area contributed by atoms with Crippen molar-refractivity contribution in [2.24, 2.45) is 7.05 Å². The van der Waals surface area contributed by atoms with Crippen LogP contribution in [-0.2, 0) is 13.6 Å². The Bertz CT molecular complexity index is 885. The van der Waals surface area contributed by atoms with Gasteiger partial charge in [-0.2, -0.15) is 5.10 Å². The summed E-state index contributed by atoms with van der Waals surface area (Å²) in [5.41, 5.74) is 1.25. The van der Waals surface area contributed by atoms with Crippen molar-refractivity contribution in [2.45, 2.75) is 6.54 Å². The van der Waals surface area contributed by atoms with Crippen LogP contribution in [0.4, 0.5) is 0 Å². The summed E-state index contributed by atoms with van der Waals surface area (Å²) in [4.78, 5) is 27.3. The first kappa shape index (κ1) is 14.6. The van der Waals surface area contributed by atoms with Gasteiger partial charge in [0, 0.05) is 19.3 Å². The molecule has 3 heterocycles. The van der Waals surface area contributed by atoms with Gasteiger partial charge in [-0.1, -0.05) is 5.21 Å². The molecular weight excluding hydrogens is 298 g/mol. The maximum Gasteiger partial charge on any atom is 0.272 e. The number of aromatic nitrogens is 6. The van der Waals surface area contributed by atoms with Gasteiger partial charge in [-0.05, 0) is 18.2 Å². The van der Waals surface area contributed by atoms with Crippen LogP contribution in [0.5, 0.6) is 0 Å². The van der Waals surface area contributed by atoms with Crippen molar-refractivity contribution >= 4 is 5.91 Å². The molecule has 0 bridgehead atoms. The van der Waals surface area contributed by atoms with Crippen LogP contribution in [0.3, 0.4) is 0 Å². The van der Waals surface area contributed by atoms with Crippen molar-refractivity contribution in [3.63, 3.8) is 0 Å². The number of hydrogen-bond acceptors (Lipinski definition) is 6. The van der Waals surface area contributed by atoms with Crippen LogP contribution in [0, 0.1) is 0 Å². The van der Waals surface area contributed by atoms with Crippen molar-refractivity contribution in [3.05, 3.63) is 64.6 Å². The summed E-state index contributed by atoms with van der Waals surface area (Å²) in [5, 5.41) is 14.5. The molecule has 116 valence electrons. The summed E-state index contributed by atoms with van der Waals surface area (Å²) in [7, 11) is 1.48. The van der Waals surface area contributed by atoms with Crippen LogP contribution >= 0.6 is 0 Å². The summed E-state index contributed by atoms with van der Waals surface area (Å²) in [6, 6.07) is 6.31. The van der Waals surface area contributed by atoms with Gasteiger partial charge >= 0.3 is 0 Å². The zero-order chi connectivity index (χ0) is 16.2. The molecule has 3 aromatic rings. The highest BCUT2D eigenvalue weighted by molar-refractivity contribution is 5.91. The molecule has 9 heteroatoms. The Morgan fingerprint density at radius 3 is 2.91 bits per heavy atom. The first-order valence-corrected chi connectivity index (χ1v) is 6.77. The lowest BCUT2D eigenvalue weighted by atomic mass is 10.3. The highest BCUT2D eigenvalue weighted by Gasteiger charge is 2.10. The SMILES string of the molecule is Cn1nc(C(=O)NCc2cn(-c3cccnc3)nn2)ccc1=O. The molecule has 3 rings (SSSR count). The fraction of sp³-hybridized carbons (Fsp3) is 0.143. The molecule has 9 nitrogen and oxygen atoms in total. The molecule has 0 spiro atoms. The van der Waals surface area contributed by atoms with Gasteiger partial charge in [0.25, 0.3) is 11.5 Å². The number of nitrogens with one attached hydrogen (secondary N) is 1. The lowest BCUT2D eigenvalue weighted by molar-refractivity contribution is 0.0943. The van der Waals surface area contributed by atoms with Gasteiger partial charge in [0.05, 0.1) is 24.6 Å². The number of carbonyl (C=O) groups excluding carboxylic acids is 1. The summed E-state index contributed by atoms with van der Waals surface area (Å²) < 4.78 is 2.67. The van der Waals surface area contributed by atoms with Crippen LogP contribution in [-0.4, -0.2) is 35.7 Å². The average Bonchev–Trinajstić information content (AvgIpc) is 3.05. The molecule has 3 aromatic heterocycles. The molecule has 0 radical (unpaired) electrons. The number of nitrogens with zero attached hydrogens (tertiary/aromatic N) is 6. The number of rotatable bonds is 4. The van der Waals surface area contributed by atoms with E-state index in [2.05, 4.69) is 25.7 Å². The van der Waals surface area contributed by atoms with E-state index in [1.54, 1.807) is 29.3 Å². The van der Waals surface area contributed by atoms with Crippen LogP contribution in [0.25, 0.3) is 5.69 Å².